The molecule has 0 aliphatic rings. The molecule has 0 saturated carbocycles. The van der Waals surface area contributed by atoms with Crippen LogP contribution in [0, 0.1) is 0 Å². The van der Waals surface area contributed by atoms with Crippen molar-refractivity contribution in [3.63, 3.8) is 0 Å². The van der Waals surface area contributed by atoms with Gasteiger partial charge < -0.3 is 27.4 Å². The maximum Gasteiger partial charge on any atom is 0.643 e. The van der Waals surface area contributed by atoms with Crippen molar-refractivity contribution in [2.24, 2.45) is 0 Å². The summed E-state index contributed by atoms with van der Waals surface area (Å²) in [4.78, 5) is 0. The molecule has 0 spiro atoms. The Morgan fingerprint density at radius 2 is 0.385 bits per heavy atom. The summed E-state index contributed by atoms with van der Waals surface area (Å²) < 4.78 is 0. The van der Waals surface area contributed by atoms with Gasteiger partial charge in [0.25, 0.3) is 0 Å². The minimum atomic E-state index is -1.72. The highest BCUT2D eigenvalue weighted by Gasteiger charge is 2.00. The molecular formula is H10Al2Cl6O5. The molecule has 0 bridgehead atoms. The third-order valence-electron chi connectivity index (χ3n) is 0. The highest BCUT2D eigenvalue weighted by Crippen LogP contribution is 1.97. The Morgan fingerprint density at radius 3 is 0.385 bits per heavy atom. The molecule has 0 saturated heterocycles. The molecule has 0 amide bonds. The van der Waals surface area contributed by atoms with Crippen molar-refractivity contribution in [2.75, 3.05) is 0 Å². The van der Waals surface area contributed by atoms with Gasteiger partial charge in [-0.1, -0.05) is 0 Å². The number of rotatable bonds is 0. The normalized spacial score (nSPS) is 4.15. The Hall–Kier alpha value is 2.60. The van der Waals surface area contributed by atoms with Crippen molar-refractivity contribution in [1.29, 1.82) is 0 Å². The van der Waals surface area contributed by atoms with Crippen LogP contribution in [-0.4, -0.2) is 50.1 Å². The monoisotopic (exact) mass is 354 g/mol. The zero-order valence-electron chi connectivity index (χ0n) is 5.92. The van der Waals surface area contributed by atoms with Crippen molar-refractivity contribution in [3.8, 4) is 0 Å². The van der Waals surface area contributed by atoms with Gasteiger partial charge in [-0.25, -0.2) is 60.3 Å². The maximum atomic E-state index is 4.94. The minimum Gasteiger partial charge on any atom is -0.412 e. The van der Waals surface area contributed by atoms with E-state index in [9.17, 15) is 0 Å². The van der Waals surface area contributed by atoms with Crippen molar-refractivity contribution in [3.05, 3.63) is 0 Å². The average molecular weight is 357 g/mol. The molecule has 0 unspecified atom stereocenters. The zero-order valence-corrected chi connectivity index (χ0v) is 12.8. The lowest BCUT2D eigenvalue weighted by molar-refractivity contribution is 0.823. The van der Waals surface area contributed by atoms with Crippen LogP contribution in [0.3, 0.4) is 0 Å². The molecule has 5 nitrogen and oxygen atoms in total. The lowest BCUT2D eigenvalue weighted by atomic mass is 16.0. The Labute approximate surface area is 109 Å². The highest BCUT2D eigenvalue weighted by molar-refractivity contribution is 7.54. The van der Waals surface area contributed by atoms with Crippen molar-refractivity contribution >= 4 is 83.1 Å². The summed E-state index contributed by atoms with van der Waals surface area (Å²) in [7, 11) is 29.7. The van der Waals surface area contributed by atoms with Crippen molar-refractivity contribution in [2.45, 2.75) is 0 Å². The lowest BCUT2D eigenvalue weighted by Gasteiger charge is -1.57. The van der Waals surface area contributed by atoms with Gasteiger partial charge in [-0.3, -0.25) is 0 Å². The van der Waals surface area contributed by atoms with E-state index >= 15 is 0 Å². The van der Waals surface area contributed by atoms with E-state index in [1.165, 1.54) is 0 Å². The van der Waals surface area contributed by atoms with Crippen LogP contribution in [0.4, 0.5) is 0 Å². The van der Waals surface area contributed by atoms with E-state index in [2.05, 4.69) is 0 Å². The summed E-state index contributed by atoms with van der Waals surface area (Å²) in [6.45, 7) is 0. The van der Waals surface area contributed by atoms with Gasteiger partial charge in [0.1, 0.15) is 0 Å². The number of hydrogen-bond acceptors (Lipinski definition) is 0. The second kappa shape index (κ2) is 36.5. The van der Waals surface area contributed by atoms with E-state index < -0.39 is 22.8 Å². The van der Waals surface area contributed by atoms with E-state index in [0.717, 1.165) is 0 Å². The van der Waals surface area contributed by atoms with Crippen molar-refractivity contribution in [1.82, 2.24) is 0 Å². The smallest absolute Gasteiger partial charge is 0.412 e. The zero-order chi connectivity index (χ0) is 7.15. The second-order valence-corrected chi connectivity index (χ2v) is 13.4. The topological polar surface area (TPSA) is 158 Å². The van der Waals surface area contributed by atoms with E-state index in [1.54, 1.807) is 0 Å². The largest absolute Gasteiger partial charge is 0.643 e. The average Bonchev–Trinajstić information content (AvgIpc) is 1.25. The molecule has 0 aromatic heterocycles. The van der Waals surface area contributed by atoms with Crippen LogP contribution in [0.5, 0.6) is 0 Å². The molecule has 0 aromatic rings. The Kier molecular flexibility index (Phi) is 126. The summed E-state index contributed by atoms with van der Waals surface area (Å²) in [6, 6.07) is 0. The summed E-state index contributed by atoms with van der Waals surface area (Å²) in [6.07, 6.45) is 0. The predicted molar refractivity (Wildman–Crippen MR) is 64.7 cm³/mol. The predicted octanol–water partition coefficient (Wildman–Crippen LogP) is -0.748. The van der Waals surface area contributed by atoms with Crippen LogP contribution in [0.2, 0.25) is 0 Å². The van der Waals surface area contributed by atoms with Crippen LogP contribution in [0.15, 0.2) is 0 Å². The van der Waals surface area contributed by atoms with Crippen LogP contribution in [0.1, 0.15) is 0 Å². The Balaban J connectivity index is -0.00000000800. The van der Waals surface area contributed by atoms with Gasteiger partial charge in [0.2, 0.25) is 0 Å². The fraction of sp³-hybridized carbons (Fsp3) is 0. The first-order valence-corrected chi connectivity index (χ1v) is 11.8. The van der Waals surface area contributed by atoms with Gasteiger partial charge in [-0.2, -0.15) is 0 Å². The molecule has 13 heavy (non-hydrogen) atoms. The number of halogens is 6. The summed E-state index contributed by atoms with van der Waals surface area (Å²) in [5.74, 6) is 0. The fourth-order valence-electron chi connectivity index (χ4n) is 0. The van der Waals surface area contributed by atoms with E-state index in [-0.39, 0.29) is 27.4 Å². The van der Waals surface area contributed by atoms with E-state index in [1.807, 2.05) is 0 Å². The van der Waals surface area contributed by atoms with Gasteiger partial charge in [0, 0.05) is 0 Å². The molecule has 0 aliphatic carbocycles. The SMILES string of the molecule is O.O.O.O.O.[Cl][Al]([Cl])[Cl].[Cl][Al]([Cl])[Cl]. The minimum absolute atomic E-state index is 0. The summed E-state index contributed by atoms with van der Waals surface area (Å²) in [5.41, 5.74) is 0. The lowest BCUT2D eigenvalue weighted by Crippen LogP contribution is -1.66. The first kappa shape index (κ1) is 45.0. The number of hydrogen-bond donors (Lipinski definition) is 0. The van der Waals surface area contributed by atoms with Crippen LogP contribution in [0.25, 0.3) is 0 Å². The van der Waals surface area contributed by atoms with E-state index in [0.29, 0.717) is 0 Å². The first-order chi connectivity index (χ1) is 3.46. The molecule has 13 heteroatoms. The molecule has 0 heterocycles. The maximum absolute atomic E-state index is 4.94. The fourth-order valence-corrected chi connectivity index (χ4v) is 0. The van der Waals surface area contributed by atoms with Crippen LogP contribution >= 0.6 is 60.3 Å². The van der Waals surface area contributed by atoms with Crippen LogP contribution < -0.4 is 0 Å². The molecule has 10 N–H and O–H groups in total. The quantitative estimate of drug-likeness (QED) is 0.500. The summed E-state index contributed by atoms with van der Waals surface area (Å²) >= 11 is -3.44. The van der Waals surface area contributed by atoms with Gasteiger partial charge in [0.15, 0.2) is 0 Å². The van der Waals surface area contributed by atoms with E-state index in [4.69, 9.17) is 60.3 Å². The highest BCUT2D eigenvalue weighted by atomic mass is 35.8. The third kappa shape index (κ3) is 342. The molecule has 0 aromatic carbocycles. The van der Waals surface area contributed by atoms with Crippen molar-refractivity contribution < 1.29 is 27.4 Å². The standard InChI is InChI=1S/2Al.6ClH.5H2O/h;;6*1H;5*1H2/q2*+3;;;;;;;;;;;/p-6. The van der Waals surface area contributed by atoms with Gasteiger partial charge in [-0.15, -0.1) is 0 Å². The molecule has 0 fully saturated rings. The van der Waals surface area contributed by atoms with Crippen LogP contribution in [-0.2, 0) is 0 Å². The molecule has 0 rings (SSSR count). The Bertz CT molecular complexity index is 34.5. The molecule has 88 valence electrons. The summed E-state index contributed by atoms with van der Waals surface area (Å²) in [5, 5.41) is 0. The first-order valence-electron chi connectivity index (χ1n) is 1.31. The Morgan fingerprint density at radius 1 is 0.385 bits per heavy atom. The molecule has 0 aliphatic heterocycles. The molecule has 0 radical (unpaired) electrons. The van der Waals surface area contributed by atoms with Gasteiger partial charge >= 0.3 is 22.8 Å². The van der Waals surface area contributed by atoms with Gasteiger partial charge in [-0.05, 0) is 0 Å². The third-order valence-corrected chi connectivity index (χ3v) is 0. The van der Waals surface area contributed by atoms with Gasteiger partial charge in [0.05, 0.1) is 0 Å². The molecule has 0 atom stereocenters. The molecular weight excluding hydrogens is 347 g/mol. The second-order valence-electron chi connectivity index (χ2n) is 0.495.